The minimum Gasteiger partial charge on any atom is -0.320 e. The van der Waals surface area contributed by atoms with Gasteiger partial charge in [0, 0.05) is 56.3 Å². The van der Waals surface area contributed by atoms with Crippen LogP contribution in [0.4, 0.5) is 5.69 Å². The molecule has 1 aromatic carbocycles. The summed E-state index contributed by atoms with van der Waals surface area (Å²) >= 11 is 6.07. The van der Waals surface area contributed by atoms with Crippen LogP contribution in [-0.2, 0) is 37.5 Å². The minimum absolute atomic E-state index is 0. The predicted molar refractivity (Wildman–Crippen MR) is 88.8 cm³/mol. The number of carbonyl (C=O) groups is 1. The van der Waals surface area contributed by atoms with Crippen LogP contribution in [0, 0.1) is 13.8 Å². The molecule has 5 heteroatoms. The Bertz CT molecular complexity index is 545. The van der Waals surface area contributed by atoms with Gasteiger partial charge in [0.25, 0.3) is 5.91 Å². The molecule has 0 aliphatic heterocycles. The summed E-state index contributed by atoms with van der Waals surface area (Å²) in [6, 6.07) is 3.80. The van der Waals surface area contributed by atoms with E-state index in [1.54, 1.807) is 0 Å². The summed E-state index contributed by atoms with van der Waals surface area (Å²) in [6.07, 6.45) is 3.06. The number of nitrogens with one attached hydrogen (secondary N) is 1. The van der Waals surface area contributed by atoms with Crippen LogP contribution in [0.5, 0.6) is 0 Å². The van der Waals surface area contributed by atoms with Crippen molar-refractivity contribution < 1.29 is 42.0 Å². The van der Waals surface area contributed by atoms with E-state index in [0.29, 0.717) is 5.02 Å². The van der Waals surface area contributed by atoms with Gasteiger partial charge in [0.2, 0.25) is 0 Å². The van der Waals surface area contributed by atoms with E-state index in [-0.39, 0.29) is 44.2 Å². The van der Waals surface area contributed by atoms with Crippen molar-refractivity contribution in [3.63, 3.8) is 0 Å². The Morgan fingerprint density at radius 1 is 1.27 bits per heavy atom. The van der Waals surface area contributed by atoms with Crippen LogP contribution in [0.2, 0.25) is 5.02 Å². The number of nitrogens with zero attached hydrogens (tertiary/aromatic N) is 1. The summed E-state index contributed by atoms with van der Waals surface area (Å²) < 4.78 is 0.741. The van der Waals surface area contributed by atoms with E-state index in [0.717, 1.165) is 47.1 Å². The third kappa shape index (κ3) is 3.43. The first-order valence-corrected chi connectivity index (χ1v) is 8.02. The number of anilines is 1. The van der Waals surface area contributed by atoms with Crippen molar-refractivity contribution in [2.45, 2.75) is 45.6 Å². The van der Waals surface area contributed by atoms with E-state index < -0.39 is 0 Å². The quantitative estimate of drug-likeness (QED) is 0.765. The second-order valence-electron chi connectivity index (χ2n) is 6.76. The number of aryl methyl sites for hydroxylation is 2. The van der Waals surface area contributed by atoms with E-state index in [2.05, 4.69) is 26.3 Å². The predicted octanol–water partition coefficient (Wildman–Crippen LogP) is 3.91. The van der Waals surface area contributed by atoms with Gasteiger partial charge in [0.1, 0.15) is 0 Å². The Hall–Kier alpha value is 0.0439. The zero-order valence-electron chi connectivity index (χ0n) is 14.3. The molecule has 1 aromatic rings. The fourth-order valence-electron chi connectivity index (χ4n) is 3.26. The molecule has 0 spiro atoms. The summed E-state index contributed by atoms with van der Waals surface area (Å²) in [5.74, 6) is 0.147. The van der Waals surface area contributed by atoms with Gasteiger partial charge in [0.05, 0.1) is 20.6 Å². The SMILES string of the molecule is CC[N+](C)(C)C1(C(=O)Nc2c(C)cc(Cl)cc2C)CCC1.[Y]. The van der Waals surface area contributed by atoms with Gasteiger partial charge >= 0.3 is 0 Å². The van der Waals surface area contributed by atoms with E-state index in [1.165, 1.54) is 0 Å². The largest absolute Gasteiger partial charge is 0.320 e. The first kappa shape index (κ1) is 20.1. The van der Waals surface area contributed by atoms with Crippen LogP contribution < -0.4 is 5.32 Å². The topological polar surface area (TPSA) is 29.1 Å². The first-order chi connectivity index (χ1) is 9.73. The molecule has 0 heterocycles. The maximum atomic E-state index is 13.0. The maximum Gasteiger partial charge on any atom is 0.285 e. The van der Waals surface area contributed by atoms with Crippen molar-refractivity contribution in [3.8, 4) is 0 Å². The van der Waals surface area contributed by atoms with Gasteiger partial charge in [-0.05, 0) is 50.5 Å². The monoisotopic (exact) mass is 398 g/mol. The third-order valence-electron chi connectivity index (χ3n) is 5.29. The van der Waals surface area contributed by atoms with E-state index in [1.807, 2.05) is 26.0 Å². The fourth-order valence-corrected chi connectivity index (χ4v) is 3.59. The molecule has 0 aromatic heterocycles. The van der Waals surface area contributed by atoms with E-state index in [9.17, 15) is 4.79 Å². The van der Waals surface area contributed by atoms with Gasteiger partial charge < -0.3 is 9.80 Å². The molecule has 3 nitrogen and oxygen atoms in total. The Labute approximate surface area is 164 Å². The van der Waals surface area contributed by atoms with Crippen LogP contribution in [0.3, 0.4) is 0 Å². The van der Waals surface area contributed by atoms with E-state index >= 15 is 0 Å². The van der Waals surface area contributed by atoms with Crippen LogP contribution in [0.15, 0.2) is 12.1 Å². The number of rotatable bonds is 4. The van der Waals surface area contributed by atoms with Crippen molar-refractivity contribution in [1.82, 2.24) is 0 Å². The number of hydrogen-bond donors (Lipinski definition) is 1. The Kier molecular flexibility index (Phi) is 6.66. The zero-order valence-corrected chi connectivity index (χ0v) is 17.9. The molecule has 0 saturated heterocycles. The van der Waals surface area contributed by atoms with Gasteiger partial charge in [-0.3, -0.25) is 4.79 Å². The summed E-state index contributed by atoms with van der Waals surface area (Å²) in [4.78, 5) is 13.0. The van der Waals surface area contributed by atoms with Crippen LogP contribution in [0.1, 0.15) is 37.3 Å². The minimum atomic E-state index is -0.284. The van der Waals surface area contributed by atoms with Crippen molar-refractivity contribution in [2.24, 2.45) is 0 Å². The molecule has 1 amide bonds. The smallest absolute Gasteiger partial charge is 0.285 e. The van der Waals surface area contributed by atoms with Crippen molar-refractivity contribution in [2.75, 3.05) is 26.0 Å². The number of halogens is 1. The molecular formula is C17H26ClN2OY+. The molecule has 0 unspecified atom stereocenters. The van der Waals surface area contributed by atoms with Crippen molar-refractivity contribution in [1.29, 1.82) is 0 Å². The Morgan fingerprint density at radius 3 is 2.14 bits per heavy atom. The molecule has 0 bridgehead atoms. The molecule has 1 saturated carbocycles. The molecule has 119 valence electrons. The van der Waals surface area contributed by atoms with Gasteiger partial charge in [0.15, 0.2) is 5.54 Å². The Balaban J connectivity index is 0.00000242. The number of carbonyl (C=O) groups excluding carboxylic acids is 1. The zero-order chi connectivity index (χ0) is 15.8. The summed E-state index contributed by atoms with van der Waals surface area (Å²) in [6.45, 7) is 7.07. The van der Waals surface area contributed by atoms with E-state index in [4.69, 9.17) is 11.6 Å². The third-order valence-corrected chi connectivity index (χ3v) is 5.51. The summed E-state index contributed by atoms with van der Waals surface area (Å²) in [5, 5.41) is 3.89. The molecule has 1 radical (unpaired) electrons. The van der Waals surface area contributed by atoms with Gasteiger partial charge in [-0.2, -0.15) is 0 Å². The average Bonchev–Trinajstić information content (AvgIpc) is 2.31. The van der Waals surface area contributed by atoms with Crippen LogP contribution in [-0.4, -0.2) is 36.6 Å². The maximum absolute atomic E-state index is 13.0. The Morgan fingerprint density at radius 2 is 1.77 bits per heavy atom. The fraction of sp³-hybridized carbons (Fsp3) is 0.588. The summed E-state index contributed by atoms with van der Waals surface area (Å²) in [7, 11) is 4.31. The molecule has 22 heavy (non-hydrogen) atoms. The summed E-state index contributed by atoms with van der Waals surface area (Å²) in [5.41, 5.74) is 2.66. The van der Waals surface area contributed by atoms with Crippen LogP contribution in [0.25, 0.3) is 0 Å². The van der Waals surface area contributed by atoms with Crippen LogP contribution >= 0.6 is 11.6 Å². The average molecular weight is 399 g/mol. The molecule has 1 aliphatic carbocycles. The molecule has 1 fully saturated rings. The molecular weight excluding hydrogens is 373 g/mol. The number of amides is 1. The van der Waals surface area contributed by atoms with Gasteiger partial charge in [-0.15, -0.1) is 0 Å². The standard InChI is InChI=1S/C17H25ClN2O.Y/c1-6-20(4,5)17(8-7-9-17)16(21)19-15-12(2)10-14(18)11-13(15)3;/h10-11H,6-9H2,1-5H3;/p+1. The molecule has 0 atom stereocenters. The van der Waals surface area contributed by atoms with Gasteiger partial charge in [-0.25, -0.2) is 0 Å². The number of likely N-dealkylation sites (N-methyl/N-ethyl adjacent to an activating group) is 1. The molecule has 1 aliphatic rings. The normalized spacial score (nSPS) is 16.5. The number of quaternary nitrogens is 1. The first-order valence-electron chi connectivity index (χ1n) is 7.65. The number of benzene rings is 1. The second-order valence-corrected chi connectivity index (χ2v) is 7.19. The second kappa shape index (κ2) is 7.29. The van der Waals surface area contributed by atoms with Gasteiger partial charge in [-0.1, -0.05) is 11.6 Å². The molecule has 1 N–H and O–H groups in total. The van der Waals surface area contributed by atoms with Crippen molar-refractivity contribution >= 4 is 23.2 Å². The van der Waals surface area contributed by atoms with Crippen molar-refractivity contribution in [3.05, 3.63) is 28.3 Å². The molecule has 2 rings (SSSR count). The number of hydrogen-bond acceptors (Lipinski definition) is 1.